The fourth-order valence-electron chi connectivity index (χ4n) is 3.11. The van der Waals surface area contributed by atoms with E-state index in [0.717, 1.165) is 12.5 Å². The summed E-state index contributed by atoms with van der Waals surface area (Å²) in [4.78, 5) is 8.61. The van der Waals surface area contributed by atoms with Crippen LogP contribution in [0.15, 0.2) is 28.7 Å². The summed E-state index contributed by atoms with van der Waals surface area (Å²) in [6.45, 7) is 2.73. The van der Waals surface area contributed by atoms with Gasteiger partial charge in [0.1, 0.15) is 5.75 Å². The van der Waals surface area contributed by atoms with Crippen LogP contribution in [0.1, 0.15) is 17.5 Å². The highest BCUT2D eigenvalue weighted by Crippen LogP contribution is 2.38. The molecule has 0 aliphatic carbocycles. The molecule has 3 aromatic rings. The number of aryl methyl sites for hydroxylation is 1. The zero-order valence-electron chi connectivity index (χ0n) is 14.3. The summed E-state index contributed by atoms with van der Waals surface area (Å²) in [5.74, 6) is -0.487. The van der Waals surface area contributed by atoms with E-state index in [2.05, 4.69) is 15.3 Å². The number of nitrogens with one attached hydrogen (secondary N) is 1. The standard InChI is InChI=1S/C18H16F3N3O3/c1-9-6-10(18(19,20)21)7-13(25)15(9)12-2-3-14-16(23-12)24-17(27-14)22-11-4-5-26-8-11/h2-3,6-7,11,25H,4-5,8H2,1H3,(H,22,23,24). The van der Waals surface area contributed by atoms with Crippen molar-refractivity contribution in [2.45, 2.75) is 25.6 Å². The van der Waals surface area contributed by atoms with Crippen LogP contribution in [0.2, 0.25) is 0 Å². The molecule has 6 nitrogen and oxygen atoms in total. The zero-order chi connectivity index (χ0) is 19.2. The van der Waals surface area contributed by atoms with E-state index >= 15 is 0 Å². The van der Waals surface area contributed by atoms with Crippen molar-refractivity contribution in [2.24, 2.45) is 0 Å². The molecule has 1 saturated heterocycles. The van der Waals surface area contributed by atoms with Crippen LogP contribution in [0.3, 0.4) is 0 Å². The number of anilines is 1. The number of nitrogens with zero attached hydrogens (tertiary/aromatic N) is 2. The van der Waals surface area contributed by atoms with Gasteiger partial charge in [-0.2, -0.15) is 18.2 Å². The van der Waals surface area contributed by atoms with E-state index in [1.165, 1.54) is 6.92 Å². The summed E-state index contributed by atoms with van der Waals surface area (Å²) in [6.07, 6.45) is -3.69. The molecule has 3 heterocycles. The van der Waals surface area contributed by atoms with Gasteiger partial charge >= 0.3 is 6.18 Å². The minimum Gasteiger partial charge on any atom is -0.507 e. The Morgan fingerprint density at radius 3 is 2.70 bits per heavy atom. The number of alkyl halides is 3. The van der Waals surface area contributed by atoms with Crippen LogP contribution in [0, 0.1) is 6.92 Å². The second-order valence-corrected chi connectivity index (χ2v) is 6.43. The molecule has 2 aromatic heterocycles. The second kappa shape index (κ2) is 6.41. The molecule has 0 amide bonds. The number of oxazole rings is 1. The third-order valence-electron chi connectivity index (χ3n) is 4.41. The molecule has 1 fully saturated rings. The maximum absolute atomic E-state index is 12.9. The Hall–Kier alpha value is -2.81. The quantitative estimate of drug-likeness (QED) is 0.713. The van der Waals surface area contributed by atoms with Gasteiger partial charge in [-0.25, -0.2) is 4.98 Å². The maximum Gasteiger partial charge on any atom is 0.416 e. The Balaban J connectivity index is 1.69. The number of rotatable bonds is 3. The summed E-state index contributed by atoms with van der Waals surface area (Å²) < 4.78 is 49.6. The molecule has 1 aliphatic heterocycles. The average molecular weight is 379 g/mol. The Morgan fingerprint density at radius 1 is 1.22 bits per heavy atom. The van der Waals surface area contributed by atoms with E-state index in [4.69, 9.17) is 9.15 Å². The van der Waals surface area contributed by atoms with Gasteiger partial charge in [-0.1, -0.05) is 0 Å². The van der Waals surface area contributed by atoms with Crippen molar-refractivity contribution in [3.05, 3.63) is 35.4 Å². The Morgan fingerprint density at radius 2 is 2.04 bits per heavy atom. The lowest BCUT2D eigenvalue weighted by molar-refractivity contribution is -0.137. The number of fused-ring (bicyclic) bond motifs is 1. The summed E-state index contributed by atoms with van der Waals surface area (Å²) >= 11 is 0. The van der Waals surface area contributed by atoms with Crippen LogP contribution in [0.5, 0.6) is 5.75 Å². The molecular weight excluding hydrogens is 363 g/mol. The summed E-state index contributed by atoms with van der Waals surface area (Å²) in [5.41, 5.74) is 0.631. The molecule has 1 atom stereocenters. The van der Waals surface area contributed by atoms with Crippen molar-refractivity contribution in [3.8, 4) is 17.0 Å². The lowest BCUT2D eigenvalue weighted by atomic mass is 10.0. The molecule has 0 bridgehead atoms. The van der Waals surface area contributed by atoms with Gasteiger partial charge in [0.15, 0.2) is 5.58 Å². The first-order chi connectivity index (χ1) is 12.8. The molecule has 0 spiro atoms. The predicted octanol–water partition coefficient (Wildman–Crippen LogP) is 4.12. The first-order valence-electron chi connectivity index (χ1n) is 8.34. The largest absolute Gasteiger partial charge is 0.507 e. The molecule has 142 valence electrons. The van der Waals surface area contributed by atoms with Crippen molar-refractivity contribution < 1.29 is 27.4 Å². The first-order valence-corrected chi connectivity index (χ1v) is 8.34. The maximum atomic E-state index is 12.9. The number of hydrogen-bond acceptors (Lipinski definition) is 6. The lowest BCUT2D eigenvalue weighted by Gasteiger charge is -2.13. The highest BCUT2D eigenvalue weighted by Gasteiger charge is 2.32. The van der Waals surface area contributed by atoms with Crippen molar-refractivity contribution in [1.29, 1.82) is 0 Å². The van der Waals surface area contributed by atoms with Crippen molar-refractivity contribution >= 4 is 17.2 Å². The van der Waals surface area contributed by atoms with E-state index in [-0.39, 0.29) is 17.2 Å². The van der Waals surface area contributed by atoms with Gasteiger partial charge in [-0.15, -0.1) is 0 Å². The number of phenols is 1. The van der Waals surface area contributed by atoms with Gasteiger partial charge in [0, 0.05) is 12.2 Å². The van der Waals surface area contributed by atoms with Gasteiger partial charge in [0.2, 0.25) is 5.65 Å². The van der Waals surface area contributed by atoms with E-state index in [1.807, 2.05) is 0 Å². The minimum absolute atomic E-state index is 0.110. The van der Waals surface area contributed by atoms with Gasteiger partial charge in [-0.05, 0) is 43.2 Å². The van der Waals surface area contributed by atoms with Crippen LogP contribution in [-0.4, -0.2) is 34.3 Å². The van der Waals surface area contributed by atoms with Crippen LogP contribution in [-0.2, 0) is 10.9 Å². The molecule has 0 radical (unpaired) electrons. The monoisotopic (exact) mass is 379 g/mol. The number of aromatic nitrogens is 2. The van der Waals surface area contributed by atoms with Crippen LogP contribution < -0.4 is 5.32 Å². The molecular formula is C18H16F3N3O3. The fraction of sp³-hybridized carbons (Fsp3) is 0.333. The third kappa shape index (κ3) is 3.42. The highest BCUT2D eigenvalue weighted by molar-refractivity contribution is 5.78. The number of pyridine rings is 1. The van der Waals surface area contributed by atoms with Gasteiger partial charge < -0.3 is 19.6 Å². The van der Waals surface area contributed by atoms with Gasteiger partial charge in [0.25, 0.3) is 6.01 Å². The molecule has 27 heavy (non-hydrogen) atoms. The minimum atomic E-state index is -4.53. The molecule has 4 rings (SSSR count). The van der Waals surface area contributed by atoms with Crippen molar-refractivity contribution in [3.63, 3.8) is 0 Å². The van der Waals surface area contributed by atoms with Crippen LogP contribution >= 0.6 is 0 Å². The number of phenolic OH excluding ortho intramolecular Hbond substituents is 1. The smallest absolute Gasteiger partial charge is 0.416 e. The van der Waals surface area contributed by atoms with E-state index in [9.17, 15) is 18.3 Å². The first kappa shape index (κ1) is 17.6. The topological polar surface area (TPSA) is 80.4 Å². The fourth-order valence-corrected chi connectivity index (χ4v) is 3.11. The normalized spacial score (nSPS) is 17.6. The SMILES string of the molecule is Cc1cc(C(F)(F)F)cc(O)c1-c1ccc2oc(NC3CCOC3)nc2n1. The van der Waals surface area contributed by atoms with Crippen LogP contribution in [0.25, 0.3) is 22.5 Å². The molecule has 9 heteroatoms. The number of ether oxygens (including phenoxy) is 1. The lowest BCUT2D eigenvalue weighted by Crippen LogP contribution is -2.18. The van der Waals surface area contributed by atoms with E-state index < -0.39 is 17.5 Å². The number of hydrogen-bond donors (Lipinski definition) is 2. The number of aromatic hydroxyl groups is 1. The van der Waals surface area contributed by atoms with Crippen molar-refractivity contribution in [2.75, 3.05) is 18.5 Å². The molecule has 1 aromatic carbocycles. The molecule has 1 unspecified atom stereocenters. The Kier molecular flexibility index (Phi) is 4.18. The third-order valence-corrected chi connectivity index (χ3v) is 4.41. The molecule has 1 aliphatic rings. The predicted molar refractivity (Wildman–Crippen MR) is 91.5 cm³/mol. The van der Waals surface area contributed by atoms with E-state index in [1.54, 1.807) is 12.1 Å². The second-order valence-electron chi connectivity index (χ2n) is 6.43. The molecule has 0 saturated carbocycles. The number of benzene rings is 1. The summed E-state index contributed by atoms with van der Waals surface area (Å²) in [6, 6.07) is 5.29. The van der Waals surface area contributed by atoms with E-state index in [0.29, 0.717) is 42.2 Å². The van der Waals surface area contributed by atoms with Gasteiger partial charge in [-0.3, -0.25) is 0 Å². The summed E-state index contributed by atoms with van der Waals surface area (Å²) in [7, 11) is 0. The Bertz CT molecular complexity index is 971. The Labute approximate surface area is 152 Å². The van der Waals surface area contributed by atoms with Gasteiger partial charge in [0.05, 0.1) is 23.9 Å². The summed E-state index contributed by atoms with van der Waals surface area (Å²) in [5, 5.41) is 13.3. The molecule has 2 N–H and O–H groups in total. The van der Waals surface area contributed by atoms with Crippen molar-refractivity contribution in [1.82, 2.24) is 9.97 Å². The van der Waals surface area contributed by atoms with Crippen LogP contribution in [0.4, 0.5) is 19.2 Å². The highest BCUT2D eigenvalue weighted by atomic mass is 19.4. The number of halogens is 3. The average Bonchev–Trinajstić information content (AvgIpc) is 3.22. The zero-order valence-corrected chi connectivity index (χ0v) is 14.3.